The van der Waals surface area contributed by atoms with Gasteiger partial charge in [-0.1, -0.05) is 0 Å². The number of benzene rings is 1. The molecule has 1 aromatic rings. The summed E-state index contributed by atoms with van der Waals surface area (Å²) in [6.07, 6.45) is 2.46. The van der Waals surface area contributed by atoms with Crippen LogP contribution < -0.4 is 0 Å². The maximum atomic E-state index is 13.1. The van der Waals surface area contributed by atoms with Crippen LogP contribution in [0.15, 0.2) is 21.5 Å². The monoisotopic (exact) mass is 248 g/mol. The van der Waals surface area contributed by atoms with Crippen LogP contribution in [0.5, 0.6) is 0 Å². The molecule has 0 aliphatic carbocycles. The van der Waals surface area contributed by atoms with Crippen LogP contribution in [0.4, 0.5) is 4.39 Å². The van der Waals surface area contributed by atoms with E-state index in [0.29, 0.717) is 21.2 Å². The first-order valence-corrected chi connectivity index (χ1v) is 5.19. The molecule has 0 aliphatic rings. The lowest BCUT2D eigenvalue weighted by atomic mass is 10.2. The maximum absolute atomic E-state index is 13.1. The molecule has 4 heteroatoms. The first-order chi connectivity index (χ1) is 5.69. The van der Waals surface area contributed by atoms with Gasteiger partial charge in [-0.05, 0) is 34.3 Å². The first kappa shape index (κ1) is 9.74. The van der Waals surface area contributed by atoms with E-state index in [1.807, 2.05) is 0 Å². The van der Waals surface area contributed by atoms with Crippen molar-refractivity contribution in [2.45, 2.75) is 4.90 Å². The number of hydrogen-bond donors (Lipinski definition) is 0. The van der Waals surface area contributed by atoms with Gasteiger partial charge in [0.15, 0.2) is 5.82 Å². The molecule has 0 amide bonds. The van der Waals surface area contributed by atoms with Crippen LogP contribution in [-0.2, 0) is 0 Å². The number of carbonyl (C=O) groups is 1. The number of thioether (sulfide) groups is 1. The molecule has 0 spiro atoms. The molecule has 0 radical (unpaired) electrons. The van der Waals surface area contributed by atoms with Gasteiger partial charge in [0, 0.05) is 10.5 Å². The lowest BCUT2D eigenvalue weighted by molar-refractivity contribution is 0.112. The second kappa shape index (κ2) is 4.05. The summed E-state index contributed by atoms with van der Waals surface area (Å²) in [5, 5.41) is 0. The molecular weight excluding hydrogens is 243 g/mol. The summed E-state index contributed by atoms with van der Waals surface area (Å²) in [4.78, 5) is 10.9. The van der Waals surface area contributed by atoms with E-state index in [4.69, 9.17) is 0 Å². The third-order valence-corrected chi connectivity index (χ3v) is 2.69. The second-order valence-corrected chi connectivity index (χ2v) is 3.84. The van der Waals surface area contributed by atoms with Gasteiger partial charge < -0.3 is 0 Å². The lowest BCUT2D eigenvalue weighted by Gasteiger charge is -2.01. The molecule has 0 saturated carbocycles. The summed E-state index contributed by atoms with van der Waals surface area (Å²) in [6.45, 7) is 0. The third kappa shape index (κ3) is 1.87. The molecule has 1 aromatic carbocycles. The van der Waals surface area contributed by atoms with Gasteiger partial charge in [0.1, 0.15) is 6.29 Å². The maximum Gasteiger partial charge on any atom is 0.150 e. The number of hydrogen-bond acceptors (Lipinski definition) is 2. The van der Waals surface area contributed by atoms with E-state index in [1.165, 1.54) is 23.9 Å². The van der Waals surface area contributed by atoms with E-state index in [2.05, 4.69) is 15.9 Å². The van der Waals surface area contributed by atoms with Gasteiger partial charge in [0.2, 0.25) is 0 Å². The van der Waals surface area contributed by atoms with Crippen molar-refractivity contribution in [2.24, 2.45) is 0 Å². The summed E-state index contributed by atoms with van der Waals surface area (Å²) in [7, 11) is 0. The Kier molecular flexibility index (Phi) is 3.29. The number of aldehydes is 1. The van der Waals surface area contributed by atoms with Gasteiger partial charge in [-0.25, -0.2) is 4.39 Å². The van der Waals surface area contributed by atoms with Crippen LogP contribution in [0.25, 0.3) is 0 Å². The first-order valence-electron chi connectivity index (χ1n) is 3.17. The number of halogens is 2. The van der Waals surface area contributed by atoms with E-state index >= 15 is 0 Å². The number of carbonyl (C=O) groups excluding carboxylic acids is 1. The predicted octanol–water partition coefficient (Wildman–Crippen LogP) is 3.12. The van der Waals surface area contributed by atoms with Crippen molar-refractivity contribution in [1.82, 2.24) is 0 Å². The van der Waals surface area contributed by atoms with Gasteiger partial charge in [-0.3, -0.25) is 4.79 Å². The Morgan fingerprint density at radius 3 is 2.75 bits per heavy atom. The van der Waals surface area contributed by atoms with E-state index < -0.39 is 0 Å². The molecule has 0 N–H and O–H groups in total. The molecular formula is C8H6BrFOS. The minimum absolute atomic E-state index is 0.312. The molecule has 0 bridgehead atoms. The fraction of sp³-hybridized carbons (Fsp3) is 0.125. The topological polar surface area (TPSA) is 17.1 Å². The van der Waals surface area contributed by atoms with Crippen molar-refractivity contribution in [3.8, 4) is 0 Å². The molecule has 0 unspecified atom stereocenters. The van der Waals surface area contributed by atoms with Gasteiger partial charge >= 0.3 is 0 Å². The van der Waals surface area contributed by atoms with Crippen LogP contribution in [0.2, 0.25) is 0 Å². The highest BCUT2D eigenvalue weighted by atomic mass is 79.9. The molecule has 1 rings (SSSR count). The van der Waals surface area contributed by atoms with Crippen LogP contribution in [0.1, 0.15) is 10.4 Å². The van der Waals surface area contributed by atoms with Gasteiger partial charge in [-0.15, -0.1) is 11.8 Å². The Labute approximate surface area is 82.5 Å². The van der Waals surface area contributed by atoms with Crippen molar-refractivity contribution in [1.29, 1.82) is 0 Å². The largest absolute Gasteiger partial charge is 0.298 e. The van der Waals surface area contributed by atoms with E-state index in [1.54, 1.807) is 6.26 Å². The van der Waals surface area contributed by atoms with Crippen molar-refractivity contribution < 1.29 is 9.18 Å². The Morgan fingerprint density at radius 2 is 2.25 bits per heavy atom. The van der Waals surface area contributed by atoms with E-state index in [0.717, 1.165) is 0 Å². The Balaban J connectivity index is 3.28. The third-order valence-electron chi connectivity index (χ3n) is 1.37. The molecule has 64 valence electrons. The molecule has 0 aromatic heterocycles. The summed E-state index contributed by atoms with van der Waals surface area (Å²) in [5.74, 6) is -0.312. The van der Waals surface area contributed by atoms with Crippen LogP contribution in [-0.4, -0.2) is 12.5 Å². The van der Waals surface area contributed by atoms with Crippen LogP contribution >= 0.6 is 27.7 Å². The predicted molar refractivity (Wildman–Crippen MR) is 51.3 cm³/mol. The second-order valence-electron chi connectivity index (χ2n) is 2.14. The zero-order valence-electron chi connectivity index (χ0n) is 6.30. The van der Waals surface area contributed by atoms with Gasteiger partial charge in [-0.2, -0.15) is 0 Å². The van der Waals surface area contributed by atoms with Gasteiger partial charge in [0.05, 0.1) is 4.47 Å². The molecule has 0 saturated heterocycles. The highest BCUT2D eigenvalue weighted by molar-refractivity contribution is 9.10. The number of rotatable bonds is 2. The summed E-state index contributed by atoms with van der Waals surface area (Å²) < 4.78 is 13.5. The summed E-state index contributed by atoms with van der Waals surface area (Å²) in [6, 6.07) is 2.99. The normalized spacial score (nSPS) is 9.92. The Morgan fingerprint density at radius 1 is 1.58 bits per heavy atom. The van der Waals surface area contributed by atoms with Gasteiger partial charge in [0.25, 0.3) is 0 Å². The smallest absolute Gasteiger partial charge is 0.150 e. The fourth-order valence-electron chi connectivity index (χ4n) is 0.800. The van der Waals surface area contributed by atoms with Crippen molar-refractivity contribution in [2.75, 3.05) is 6.26 Å². The lowest BCUT2D eigenvalue weighted by Crippen LogP contribution is -1.87. The molecule has 0 aliphatic heterocycles. The average molecular weight is 249 g/mol. The zero-order chi connectivity index (χ0) is 9.14. The quantitative estimate of drug-likeness (QED) is 0.591. The van der Waals surface area contributed by atoms with E-state index in [9.17, 15) is 9.18 Å². The van der Waals surface area contributed by atoms with Crippen LogP contribution in [0, 0.1) is 5.82 Å². The molecule has 12 heavy (non-hydrogen) atoms. The molecule has 0 atom stereocenters. The molecule has 1 nitrogen and oxygen atoms in total. The summed E-state index contributed by atoms with van der Waals surface area (Å²) >= 11 is 4.31. The standard InChI is InChI=1S/C8H6BrFOS/c1-12-7-3-5(4-11)2-6(9)8(7)10/h2-4H,1H3. The Hall–Kier alpha value is -0.350. The molecule has 0 heterocycles. The minimum Gasteiger partial charge on any atom is -0.298 e. The highest BCUT2D eigenvalue weighted by Gasteiger charge is 2.07. The average Bonchev–Trinajstić information content (AvgIpc) is 2.09. The SMILES string of the molecule is CSc1cc(C=O)cc(Br)c1F. The van der Waals surface area contributed by atoms with Crippen LogP contribution in [0.3, 0.4) is 0 Å². The van der Waals surface area contributed by atoms with E-state index in [-0.39, 0.29) is 5.82 Å². The summed E-state index contributed by atoms with van der Waals surface area (Å²) in [5.41, 5.74) is 0.479. The highest BCUT2D eigenvalue weighted by Crippen LogP contribution is 2.26. The Bertz CT molecular complexity index is 314. The van der Waals surface area contributed by atoms with Crippen molar-refractivity contribution in [3.05, 3.63) is 28.0 Å². The minimum atomic E-state index is -0.312. The van der Waals surface area contributed by atoms with Crippen molar-refractivity contribution >= 4 is 34.0 Å². The molecule has 0 fully saturated rings. The van der Waals surface area contributed by atoms with Crippen molar-refractivity contribution in [3.63, 3.8) is 0 Å². The fourth-order valence-corrected chi connectivity index (χ4v) is 1.95. The zero-order valence-corrected chi connectivity index (χ0v) is 8.71.